The quantitative estimate of drug-likeness (QED) is 0.656. The third-order valence-corrected chi connectivity index (χ3v) is 5.16. The minimum atomic E-state index is -4.13. The van der Waals surface area contributed by atoms with E-state index in [-0.39, 0.29) is 33.6 Å². The van der Waals surface area contributed by atoms with Crippen LogP contribution in [0.3, 0.4) is 0 Å². The normalized spacial score (nSPS) is 13.8. The van der Waals surface area contributed by atoms with Crippen molar-refractivity contribution in [3.8, 4) is 0 Å². The molecule has 0 spiro atoms. The Bertz CT molecular complexity index is 1080. The average Bonchev–Trinajstić information content (AvgIpc) is 2.56. The monoisotopic (exact) mass is 373 g/mol. The Kier molecular flexibility index (Phi) is 4.29. The molecule has 1 aliphatic carbocycles. The molecular formula is C18H12FNO5S. The lowest BCUT2D eigenvalue weighted by molar-refractivity contribution is -0.104. The minimum Gasteiger partial charge on any atom is -0.298 e. The largest absolute Gasteiger partial charge is 0.298 e. The lowest BCUT2D eigenvalue weighted by atomic mass is 9.90. The number of sulfonamides is 1. The van der Waals surface area contributed by atoms with Gasteiger partial charge in [-0.3, -0.25) is 19.1 Å². The van der Waals surface area contributed by atoms with E-state index in [0.29, 0.717) is 5.56 Å². The lowest BCUT2D eigenvalue weighted by Crippen LogP contribution is -2.20. The Morgan fingerprint density at radius 3 is 2.42 bits per heavy atom. The molecule has 0 unspecified atom stereocenters. The molecule has 132 valence electrons. The maximum absolute atomic E-state index is 13.5. The highest BCUT2D eigenvalue weighted by molar-refractivity contribution is 7.92. The second kappa shape index (κ2) is 6.30. The van der Waals surface area contributed by atoms with E-state index in [2.05, 4.69) is 4.72 Å². The van der Waals surface area contributed by atoms with Gasteiger partial charge in [0.2, 0.25) is 0 Å². The Hall–Kier alpha value is -3.13. The molecule has 0 saturated heterocycles. The maximum Gasteiger partial charge on any atom is 0.261 e. The summed E-state index contributed by atoms with van der Waals surface area (Å²) >= 11 is 0. The number of halogens is 1. The van der Waals surface area contributed by atoms with Crippen molar-refractivity contribution in [3.05, 3.63) is 70.6 Å². The average molecular weight is 373 g/mol. The third kappa shape index (κ3) is 3.18. The van der Waals surface area contributed by atoms with Crippen molar-refractivity contribution < 1.29 is 27.2 Å². The van der Waals surface area contributed by atoms with Crippen molar-refractivity contribution >= 4 is 33.6 Å². The fourth-order valence-electron chi connectivity index (χ4n) is 2.63. The molecular weight excluding hydrogens is 361 g/mol. The van der Waals surface area contributed by atoms with E-state index in [1.807, 2.05) is 0 Å². The number of Topliss-reactive ketones (excluding diaryl/α,β-unsaturated/α-hetero) is 1. The van der Waals surface area contributed by atoms with E-state index >= 15 is 0 Å². The summed E-state index contributed by atoms with van der Waals surface area (Å²) in [7, 11) is -4.13. The second-order valence-electron chi connectivity index (χ2n) is 5.74. The highest BCUT2D eigenvalue weighted by atomic mass is 32.2. The summed E-state index contributed by atoms with van der Waals surface area (Å²) in [6.45, 7) is 1.61. The molecule has 0 amide bonds. The van der Waals surface area contributed by atoms with Gasteiger partial charge in [0.25, 0.3) is 10.0 Å². The number of fused-ring (bicyclic) bond motifs is 1. The Balaban J connectivity index is 2.03. The molecule has 6 nitrogen and oxygen atoms in total. The molecule has 0 saturated carbocycles. The number of carbonyl (C=O) groups is 3. The number of nitrogens with one attached hydrogen (secondary N) is 1. The number of hydrogen-bond donors (Lipinski definition) is 1. The standard InChI is InChI=1S/C18H12FNO5S/c1-10-4-12(19)7-13(5-10)20-26(24,25)14-2-3-15-16(8-14)18(23)11(9-21)6-17(15)22/h2-9,20H,1H3. The van der Waals surface area contributed by atoms with Gasteiger partial charge in [0.15, 0.2) is 17.9 Å². The number of anilines is 1. The first-order chi connectivity index (χ1) is 12.2. The smallest absolute Gasteiger partial charge is 0.261 e. The molecule has 2 aromatic rings. The van der Waals surface area contributed by atoms with Crippen LogP contribution in [-0.2, 0) is 14.8 Å². The van der Waals surface area contributed by atoms with Crippen LogP contribution in [0.1, 0.15) is 26.3 Å². The van der Waals surface area contributed by atoms with Crippen LogP contribution in [0.25, 0.3) is 0 Å². The van der Waals surface area contributed by atoms with Crippen LogP contribution in [0.15, 0.2) is 52.9 Å². The van der Waals surface area contributed by atoms with Crippen molar-refractivity contribution in [1.29, 1.82) is 0 Å². The summed E-state index contributed by atoms with van der Waals surface area (Å²) in [6, 6.07) is 7.11. The first-order valence-electron chi connectivity index (χ1n) is 7.41. The molecule has 0 heterocycles. The van der Waals surface area contributed by atoms with Crippen LogP contribution in [0.2, 0.25) is 0 Å². The van der Waals surface area contributed by atoms with E-state index < -0.39 is 27.4 Å². The first-order valence-corrected chi connectivity index (χ1v) is 8.89. The summed E-state index contributed by atoms with van der Waals surface area (Å²) in [5.74, 6) is -1.89. The molecule has 0 aromatic heterocycles. The Labute approximate surface area is 148 Å². The number of hydrogen-bond acceptors (Lipinski definition) is 5. The van der Waals surface area contributed by atoms with Crippen LogP contribution >= 0.6 is 0 Å². The number of benzene rings is 2. The van der Waals surface area contributed by atoms with Gasteiger partial charge >= 0.3 is 0 Å². The van der Waals surface area contributed by atoms with Gasteiger partial charge in [0.1, 0.15) is 5.82 Å². The molecule has 1 N–H and O–H groups in total. The second-order valence-corrected chi connectivity index (χ2v) is 7.42. The molecule has 8 heteroatoms. The van der Waals surface area contributed by atoms with Gasteiger partial charge in [0.05, 0.1) is 16.2 Å². The van der Waals surface area contributed by atoms with Gasteiger partial charge in [-0.1, -0.05) is 0 Å². The van der Waals surface area contributed by atoms with Crippen LogP contribution in [0, 0.1) is 12.7 Å². The molecule has 0 atom stereocenters. The molecule has 26 heavy (non-hydrogen) atoms. The van der Waals surface area contributed by atoms with E-state index in [4.69, 9.17) is 0 Å². The van der Waals surface area contributed by atoms with E-state index in [9.17, 15) is 27.2 Å². The fraction of sp³-hybridized carbons (Fsp3) is 0.0556. The van der Waals surface area contributed by atoms with Crippen molar-refractivity contribution in [3.63, 3.8) is 0 Å². The van der Waals surface area contributed by atoms with Crippen LogP contribution in [-0.4, -0.2) is 26.3 Å². The first kappa shape index (κ1) is 17.7. The number of carbonyl (C=O) groups excluding carboxylic acids is 3. The molecule has 0 aliphatic heterocycles. The third-order valence-electron chi connectivity index (χ3n) is 3.78. The van der Waals surface area contributed by atoms with Gasteiger partial charge in [-0.15, -0.1) is 0 Å². The Morgan fingerprint density at radius 2 is 1.77 bits per heavy atom. The molecule has 3 rings (SSSR count). The van der Waals surface area contributed by atoms with Gasteiger partial charge in [0, 0.05) is 17.2 Å². The summed E-state index contributed by atoms with van der Waals surface area (Å²) < 4.78 is 40.7. The predicted octanol–water partition coefficient (Wildman–Crippen LogP) is 2.44. The van der Waals surface area contributed by atoms with Crippen molar-refractivity contribution in [2.24, 2.45) is 0 Å². The molecule has 1 aliphatic rings. The number of aldehydes is 1. The van der Waals surface area contributed by atoms with Crippen LogP contribution < -0.4 is 4.72 Å². The number of ketones is 2. The van der Waals surface area contributed by atoms with Gasteiger partial charge in [-0.2, -0.15) is 0 Å². The summed E-state index contributed by atoms with van der Waals surface area (Å²) in [5, 5.41) is 0. The van der Waals surface area contributed by atoms with E-state index in [1.54, 1.807) is 6.92 Å². The van der Waals surface area contributed by atoms with Crippen LogP contribution in [0.4, 0.5) is 10.1 Å². The number of rotatable bonds is 4. The summed E-state index contributed by atoms with van der Waals surface area (Å²) in [4.78, 5) is 34.8. The van der Waals surface area contributed by atoms with Crippen molar-refractivity contribution in [2.75, 3.05) is 4.72 Å². The molecule has 0 bridgehead atoms. The van der Waals surface area contributed by atoms with E-state index in [1.165, 1.54) is 18.2 Å². The zero-order valence-electron chi connectivity index (χ0n) is 13.4. The van der Waals surface area contributed by atoms with E-state index in [0.717, 1.165) is 24.3 Å². The maximum atomic E-state index is 13.5. The van der Waals surface area contributed by atoms with Gasteiger partial charge in [-0.05, 0) is 48.9 Å². The predicted molar refractivity (Wildman–Crippen MR) is 91.2 cm³/mol. The highest BCUT2D eigenvalue weighted by Crippen LogP contribution is 2.25. The van der Waals surface area contributed by atoms with Gasteiger partial charge < -0.3 is 0 Å². The topological polar surface area (TPSA) is 97.4 Å². The van der Waals surface area contributed by atoms with Crippen molar-refractivity contribution in [1.82, 2.24) is 0 Å². The number of aryl methyl sites for hydroxylation is 1. The van der Waals surface area contributed by atoms with Crippen molar-refractivity contribution in [2.45, 2.75) is 11.8 Å². The highest BCUT2D eigenvalue weighted by Gasteiger charge is 2.27. The minimum absolute atomic E-state index is 0.0150. The van der Waals surface area contributed by atoms with Gasteiger partial charge in [-0.25, -0.2) is 12.8 Å². The zero-order valence-corrected chi connectivity index (χ0v) is 14.3. The lowest BCUT2D eigenvalue weighted by Gasteiger charge is -2.14. The van der Waals surface area contributed by atoms with Crippen LogP contribution in [0.5, 0.6) is 0 Å². The summed E-state index contributed by atoms with van der Waals surface area (Å²) in [5.41, 5.74) is 0.0515. The summed E-state index contributed by atoms with van der Waals surface area (Å²) in [6.07, 6.45) is 1.16. The molecule has 2 aromatic carbocycles. The SMILES string of the molecule is Cc1cc(F)cc(NS(=O)(=O)c2ccc3c(c2)C(=O)C(C=O)=CC3=O)c1. The zero-order chi connectivity index (χ0) is 19.1. The number of allylic oxidation sites excluding steroid dienone is 2. The fourth-order valence-corrected chi connectivity index (χ4v) is 3.70. The Morgan fingerprint density at radius 1 is 1.04 bits per heavy atom. The molecule has 0 fully saturated rings. The molecule has 0 radical (unpaired) electrons.